The van der Waals surface area contributed by atoms with E-state index in [2.05, 4.69) is 10.2 Å². The molecule has 0 saturated carbocycles. The Hall–Kier alpha value is -1.95. The molecule has 1 N–H and O–H groups in total. The maximum Gasteiger partial charge on any atom is 0.254 e. The van der Waals surface area contributed by atoms with Crippen molar-refractivity contribution in [3.8, 4) is 5.75 Å². The van der Waals surface area contributed by atoms with Crippen LogP contribution in [-0.4, -0.2) is 39.3 Å². The van der Waals surface area contributed by atoms with Gasteiger partial charge in [0.25, 0.3) is 5.91 Å². The van der Waals surface area contributed by atoms with E-state index >= 15 is 0 Å². The quantitative estimate of drug-likeness (QED) is 0.810. The van der Waals surface area contributed by atoms with E-state index in [0.29, 0.717) is 40.8 Å². The molecule has 7 heteroatoms. The first-order valence-corrected chi connectivity index (χ1v) is 9.11. The van der Waals surface area contributed by atoms with Gasteiger partial charge in [0.15, 0.2) is 4.87 Å². The largest absolute Gasteiger partial charge is 0.496 e. The molecule has 2 aromatic rings. The first kappa shape index (κ1) is 17.5. The van der Waals surface area contributed by atoms with Gasteiger partial charge < -0.3 is 19.7 Å². The molecule has 4 rings (SSSR count). The zero-order chi connectivity index (χ0) is 18.3. The Morgan fingerprint density at radius 3 is 2.65 bits per heavy atom. The van der Waals surface area contributed by atoms with Crippen molar-refractivity contribution in [2.45, 2.75) is 4.87 Å². The first-order chi connectivity index (χ1) is 12.5. The number of carbonyl (C=O) groups excluding carboxylic acids is 1. The maximum absolute atomic E-state index is 12.8. The average molecular weight is 393 g/mol. The molecule has 0 aliphatic carbocycles. The van der Waals surface area contributed by atoms with E-state index < -0.39 is 4.87 Å². The van der Waals surface area contributed by atoms with Crippen LogP contribution in [0.25, 0.3) is 0 Å². The van der Waals surface area contributed by atoms with Gasteiger partial charge in [-0.1, -0.05) is 23.2 Å². The van der Waals surface area contributed by atoms with Crippen LogP contribution >= 0.6 is 23.2 Å². The van der Waals surface area contributed by atoms with Gasteiger partial charge in [-0.25, -0.2) is 0 Å². The van der Waals surface area contributed by atoms with E-state index in [-0.39, 0.29) is 5.91 Å². The predicted molar refractivity (Wildman–Crippen MR) is 103 cm³/mol. The Morgan fingerprint density at radius 2 is 1.92 bits per heavy atom. The molecule has 26 heavy (non-hydrogen) atoms. The summed E-state index contributed by atoms with van der Waals surface area (Å²) in [6.45, 7) is 2.92. The molecule has 2 heterocycles. The minimum Gasteiger partial charge on any atom is -0.496 e. The van der Waals surface area contributed by atoms with Gasteiger partial charge in [-0.05, 0) is 36.4 Å². The van der Waals surface area contributed by atoms with Crippen LogP contribution in [0.4, 0.5) is 11.4 Å². The number of hydrogen-bond donors (Lipinski definition) is 1. The average Bonchev–Trinajstić information content (AvgIpc) is 2.93. The number of nitrogens with zero attached hydrogens (tertiary/aromatic N) is 1. The number of alkyl halides is 1. The third kappa shape index (κ3) is 2.71. The molecule has 1 unspecified atom stereocenters. The number of methoxy groups -OCH3 is 1. The fraction of sp³-hybridized carbons (Fsp3) is 0.316. The molecule has 2 aliphatic rings. The fourth-order valence-corrected chi connectivity index (χ4v) is 4.02. The second-order valence-electron chi connectivity index (χ2n) is 6.29. The van der Waals surface area contributed by atoms with Crippen molar-refractivity contribution < 1.29 is 14.3 Å². The van der Waals surface area contributed by atoms with Crippen LogP contribution < -0.4 is 15.0 Å². The molecule has 2 aliphatic heterocycles. The Labute approximate surface area is 161 Å². The topological polar surface area (TPSA) is 50.8 Å². The monoisotopic (exact) mass is 392 g/mol. The van der Waals surface area contributed by atoms with E-state index in [1.165, 1.54) is 0 Å². The highest BCUT2D eigenvalue weighted by atomic mass is 35.5. The van der Waals surface area contributed by atoms with E-state index in [4.69, 9.17) is 32.7 Å². The SMILES string of the molecule is COc1ccc(N2CCOCC2)cc1C1(Cl)C(=O)Nc2ccc(Cl)cc21. The third-order valence-electron chi connectivity index (χ3n) is 4.84. The minimum atomic E-state index is -1.39. The molecular formula is C19H18Cl2N2O3. The van der Waals surface area contributed by atoms with Gasteiger partial charge in [0.1, 0.15) is 5.75 Å². The van der Waals surface area contributed by atoms with Crippen LogP contribution in [-0.2, 0) is 14.4 Å². The molecule has 0 radical (unpaired) electrons. The number of hydrogen-bond acceptors (Lipinski definition) is 4. The van der Waals surface area contributed by atoms with Gasteiger partial charge in [-0.2, -0.15) is 0 Å². The zero-order valence-electron chi connectivity index (χ0n) is 14.2. The molecule has 136 valence electrons. The van der Waals surface area contributed by atoms with Crippen LogP contribution in [0, 0.1) is 0 Å². The van der Waals surface area contributed by atoms with Crippen LogP contribution in [0.3, 0.4) is 0 Å². The lowest BCUT2D eigenvalue weighted by Crippen LogP contribution is -2.36. The maximum atomic E-state index is 12.8. The summed E-state index contributed by atoms with van der Waals surface area (Å²) < 4.78 is 10.9. The Kier molecular flexibility index (Phi) is 4.47. The number of ether oxygens (including phenoxy) is 2. The number of nitrogens with one attached hydrogen (secondary N) is 1. The molecule has 1 amide bonds. The molecule has 1 fully saturated rings. The van der Waals surface area contributed by atoms with Crippen molar-refractivity contribution in [2.24, 2.45) is 0 Å². The number of morpholine rings is 1. The molecule has 2 aromatic carbocycles. The number of carbonyl (C=O) groups is 1. The predicted octanol–water partition coefficient (Wildman–Crippen LogP) is 3.62. The Morgan fingerprint density at radius 1 is 1.15 bits per heavy atom. The third-order valence-corrected chi connectivity index (χ3v) is 5.66. The smallest absolute Gasteiger partial charge is 0.254 e. The van der Waals surface area contributed by atoms with Gasteiger partial charge in [0, 0.05) is 40.6 Å². The van der Waals surface area contributed by atoms with Crippen molar-refractivity contribution in [3.63, 3.8) is 0 Å². The lowest BCUT2D eigenvalue weighted by atomic mass is 9.90. The summed E-state index contributed by atoms with van der Waals surface area (Å²) in [5.41, 5.74) is 2.87. The van der Waals surface area contributed by atoms with Gasteiger partial charge in [-0.15, -0.1) is 0 Å². The van der Waals surface area contributed by atoms with Crippen LogP contribution in [0.2, 0.25) is 5.02 Å². The number of halogens is 2. The first-order valence-electron chi connectivity index (χ1n) is 8.35. The fourth-order valence-electron chi connectivity index (χ4n) is 3.49. The summed E-state index contributed by atoms with van der Waals surface area (Å²) in [5, 5.41) is 3.37. The highest BCUT2D eigenvalue weighted by Crippen LogP contribution is 2.50. The number of rotatable bonds is 3. The second kappa shape index (κ2) is 6.65. The zero-order valence-corrected chi connectivity index (χ0v) is 15.7. The summed E-state index contributed by atoms with van der Waals surface area (Å²) in [4.78, 5) is 13.7. The summed E-state index contributed by atoms with van der Waals surface area (Å²) in [6.07, 6.45) is 0. The van der Waals surface area contributed by atoms with Crippen LogP contribution in [0.1, 0.15) is 11.1 Å². The van der Waals surface area contributed by atoms with Crippen molar-refractivity contribution in [3.05, 3.63) is 52.5 Å². The van der Waals surface area contributed by atoms with E-state index in [1.807, 2.05) is 18.2 Å². The molecule has 0 spiro atoms. The molecular weight excluding hydrogens is 375 g/mol. The lowest BCUT2D eigenvalue weighted by molar-refractivity contribution is -0.117. The molecule has 1 atom stereocenters. The summed E-state index contributed by atoms with van der Waals surface area (Å²) in [6, 6.07) is 11.0. The number of anilines is 2. The summed E-state index contributed by atoms with van der Waals surface area (Å²) >= 11 is 13.1. The van der Waals surface area contributed by atoms with Crippen LogP contribution in [0.5, 0.6) is 5.75 Å². The van der Waals surface area contributed by atoms with Crippen molar-refractivity contribution in [1.82, 2.24) is 0 Å². The van der Waals surface area contributed by atoms with Crippen molar-refractivity contribution in [2.75, 3.05) is 43.6 Å². The van der Waals surface area contributed by atoms with Crippen LogP contribution in [0.15, 0.2) is 36.4 Å². The lowest BCUT2D eigenvalue weighted by Gasteiger charge is -2.31. The standard InChI is InChI=1S/C19H18Cl2N2O3/c1-25-17-5-3-13(23-6-8-26-9-7-23)11-15(17)19(21)14-10-12(20)2-4-16(14)22-18(19)24/h2-5,10-11H,6-9H2,1H3,(H,22,24). The second-order valence-corrected chi connectivity index (χ2v) is 7.29. The molecule has 1 saturated heterocycles. The Balaban J connectivity index is 1.86. The van der Waals surface area contributed by atoms with Gasteiger partial charge in [0.2, 0.25) is 0 Å². The Bertz CT molecular complexity index is 868. The number of amides is 1. The van der Waals surface area contributed by atoms with Crippen molar-refractivity contribution >= 4 is 40.5 Å². The highest BCUT2D eigenvalue weighted by Gasteiger charge is 2.49. The minimum absolute atomic E-state index is 0.311. The molecule has 0 aromatic heterocycles. The van der Waals surface area contributed by atoms with E-state index in [0.717, 1.165) is 18.8 Å². The van der Waals surface area contributed by atoms with E-state index in [1.54, 1.807) is 25.3 Å². The van der Waals surface area contributed by atoms with Gasteiger partial charge >= 0.3 is 0 Å². The van der Waals surface area contributed by atoms with Gasteiger partial charge in [-0.3, -0.25) is 4.79 Å². The van der Waals surface area contributed by atoms with Gasteiger partial charge in [0.05, 0.1) is 20.3 Å². The highest BCUT2D eigenvalue weighted by molar-refractivity contribution is 6.42. The van der Waals surface area contributed by atoms with Crippen molar-refractivity contribution in [1.29, 1.82) is 0 Å². The summed E-state index contributed by atoms with van der Waals surface area (Å²) in [7, 11) is 1.57. The normalized spacial score (nSPS) is 22.1. The molecule has 5 nitrogen and oxygen atoms in total. The van der Waals surface area contributed by atoms with E-state index in [9.17, 15) is 4.79 Å². The summed E-state index contributed by atoms with van der Waals surface area (Å²) in [5.74, 6) is 0.244. The molecule has 0 bridgehead atoms. The number of benzene rings is 2. The number of fused-ring (bicyclic) bond motifs is 1.